The number of hydrogen-bond acceptors (Lipinski definition) is 5. The number of benzene rings is 1. The van der Waals surface area contributed by atoms with Crippen molar-refractivity contribution in [1.82, 2.24) is 9.97 Å². The lowest BCUT2D eigenvalue weighted by molar-refractivity contribution is -0.217. The summed E-state index contributed by atoms with van der Waals surface area (Å²) in [6.45, 7) is 3.36. The number of aromatic nitrogens is 2. The standard InChI is InChI=1S/C23H29F3N2O3/c1-3-5-6-7-8-17-9-11-18(12-10-17)21-27-14-19(15-28-21)22(29)31-20(23(24,25)26)16-30-13-4-2/h9-12,14-15,20H,3-8,13,16H2,1-2H3. The van der Waals surface area contributed by atoms with Gasteiger partial charge in [0.25, 0.3) is 0 Å². The van der Waals surface area contributed by atoms with Crippen LogP contribution in [-0.4, -0.2) is 41.4 Å². The van der Waals surface area contributed by atoms with E-state index in [1.165, 1.54) is 37.2 Å². The highest BCUT2D eigenvalue weighted by Gasteiger charge is 2.43. The SMILES string of the molecule is CCCCCCc1ccc(-c2ncc(C(=O)OC(COCCC)C(F)(F)F)cn2)cc1. The van der Waals surface area contributed by atoms with E-state index in [0.717, 1.165) is 18.4 Å². The number of unbranched alkanes of at least 4 members (excludes halogenated alkanes) is 3. The normalized spacial score (nSPS) is 12.5. The Bertz CT molecular complexity index is 793. The molecule has 0 aliphatic heterocycles. The summed E-state index contributed by atoms with van der Waals surface area (Å²) in [5.41, 5.74) is 1.84. The highest BCUT2D eigenvalue weighted by Crippen LogP contribution is 2.24. The molecule has 0 spiro atoms. The number of carbonyl (C=O) groups excluding carboxylic acids is 1. The number of nitrogens with zero attached hydrogens (tertiary/aromatic N) is 2. The van der Waals surface area contributed by atoms with Gasteiger partial charge in [0, 0.05) is 24.6 Å². The minimum atomic E-state index is -4.72. The number of esters is 1. The number of halogens is 3. The molecule has 0 radical (unpaired) electrons. The van der Waals surface area contributed by atoms with Crippen molar-refractivity contribution in [1.29, 1.82) is 0 Å². The monoisotopic (exact) mass is 438 g/mol. The van der Waals surface area contributed by atoms with Gasteiger partial charge >= 0.3 is 12.1 Å². The smallest absolute Gasteiger partial charge is 0.427 e. The summed E-state index contributed by atoms with van der Waals surface area (Å²) in [6, 6.07) is 7.81. The Morgan fingerprint density at radius 2 is 1.68 bits per heavy atom. The lowest BCUT2D eigenvalue weighted by Gasteiger charge is -2.20. The van der Waals surface area contributed by atoms with Crippen molar-refractivity contribution >= 4 is 5.97 Å². The highest BCUT2D eigenvalue weighted by molar-refractivity contribution is 5.89. The Kier molecular flexibility index (Phi) is 9.91. The second-order valence-electron chi connectivity index (χ2n) is 7.31. The van der Waals surface area contributed by atoms with Gasteiger partial charge in [-0.1, -0.05) is 57.4 Å². The molecular weight excluding hydrogens is 409 g/mol. The van der Waals surface area contributed by atoms with Gasteiger partial charge in [-0.25, -0.2) is 14.8 Å². The van der Waals surface area contributed by atoms with Gasteiger partial charge in [-0.3, -0.25) is 0 Å². The zero-order valence-corrected chi connectivity index (χ0v) is 18.0. The minimum Gasteiger partial charge on any atom is -0.446 e. The van der Waals surface area contributed by atoms with Crippen molar-refractivity contribution in [2.24, 2.45) is 0 Å². The summed E-state index contributed by atoms with van der Waals surface area (Å²) in [5, 5.41) is 0. The largest absolute Gasteiger partial charge is 0.446 e. The van der Waals surface area contributed by atoms with E-state index in [4.69, 9.17) is 4.74 Å². The maximum Gasteiger partial charge on any atom is 0.427 e. The topological polar surface area (TPSA) is 61.3 Å². The van der Waals surface area contributed by atoms with Gasteiger partial charge in [-0.15, -0.1) is 0 Å². The van der Waals surface area contributed by atoms with Crippen LogP contribution in [0.2, 0.25) is 0 Å². The van der Waals surface area contributed by atoms with E-state index in [9.17, 15) is 18.0 Å². The molecule has 0 saturated heterocycles. The summed E-state index contributed by atoms with van der Waals surface area (Å²) in [5.74, 6) is -0.760. The van der Waals surface area contributed by atoms with Gasteiger partial charge in [0.2, 0.25) is 6.10 Å². The van der Waals surface area contributed by atoms with Gasteiger partial charge in [0.05, 0.1) is 12.2 Å². The van der Waals surface area contributed by atoms with Crippen LogP contribution in [0.15, 0.2) is 36.7 Å². The first kappa shape index (κ1) is 24.8. The van der Waals surface area contributed by atoms with Crippen molar-refractivity contribution in [3.63, 3.8) is 0 Å². The average molecular weight is 438 g/mol. The van der Waals surface area contributed by atoms with Crippen LogP contribution in [0.1, 0.15) is 61.9 Å². The third-order valence-electron chi connectivity index (χ3n) is 4.65. The highest BCUT2D eigenvalue weighted by atomic mass is 19.4. The third kappa shape index (κ3) is 8.28. The van der Waals surface area contributed by atoms with Gasteiger partial charge in [-0.05, 0) is 24.8 Å². The van der Waals surface area contributed by atoms with Crippen LogP contribution in [0.3, 0.4) is 0 Å². The van der Waals surface area contributed by atoms with Crippen molar-refractivity contribution in [3.05, 3.63) is 47.8 Å². The second-order valence-corrected chi connectivity index (χ2v) is 7.31. The summed E-state index contributed by atoms with van der Waals surface area (Å²) in [6.07, 6.45) is 1.63. The van der Waals surface area contributed by atoms with Crippen LogP contribution in [0.4, 0.5) is 13.2 Å². The first-order chi connectivity index (χ1) is 14.8. The number of alkyl halides is 3. The minimum absolute atomic E-state index is 0.152. The zero-order chi connectivity index (χ0) is 22.7. The van der Waals surface area contributed by atoms with Crippen molar-refractivity contribution < 1.29 is 27.4 Å². The molecule has 0 aliphatic carbocycles. The molecule has 1 heterocycles. The molecule has 1 aromatic carbocycles. The Labute approximate surface area is 181 Å². The Hall–Kier alpha value is -2.48. The van der Waals surface area contributed by atoms with Crippen LogP contribution in [0.5, 0.6) is 0 Å². The number of carbonyl (C=O) groups is 1. The molecule has 170 valence electrons. The van der Waals surface area contributed by atoms with E-state index in [-0.39, 0.29) is 12.2 Å². The molecule has 5 nitrogen and oxygen atoms in total. The predicted molar refractivity (Wildman–Crippen MR) is 112 cm³/mol. The van der Waals surface area contributed by atoms with Gasteiger partial charge < -0.3 is 9.47 Å². The number of ether oxygens (including phenoxy) is 2. The van der Waals surface area contributed by atoms with E-state index >= 15 is 0 Å². The molecular formula is C23H29F3N2O3. The van der Waals surface area contributed by atoms with Crippen LogP contribution in [0.25, 0.3) is 11.4 Å². The molecule has 31 heavy (non-hydrogen) atoms. The van der Waals surface area contributed by atoms with Gasteiger partial charge in [-0.2, -0.15) is 13.2 Å². The molecule has 0 fully saturated rings. The fraction of sp³-hybridized carbons (Fsp3) is 0.522. The van der Waals surface area contributed by atoms with Crippen molar-refractivity contribution in [2.45, 2.75) is 64.7 Å². The van der Waals surface area contributed by atoms with E-state index in [1.54, 1.807) is 6.92 Å². The molecule has 0 amide bonds. The summed E-state index contributed by atoms with van der Waals surface area (Å²) >= 11 is 0. The zero-order valence-electron chi connectivity index (χ0n) is 18.0. The molecule has 8 heteroatoms. The van der Waals surface area contributed by atoms with E-state index in [1.807, 2.05) is 24.3 Å². The molecule has 2 aromatic rings. The van der Waals surface area contributed by atoms with Crippen molar-refractivity contribution in [3.8, 4) is 11.4 Å². The molecule has 1 unspecified atom stereocenters. The second kappa shape index (κ2) is 12.4. The van der Waals surface area contributed by atoms with Crippen LogP contribution in [-0.2, 0) is 15.9 Å². The van der Waals surface area contributed by atoms with E-state index < -0.39 is 24.9 Å². The van der Waals surface area contributed by atoms with E-state index in [0.29, 0.717) is 12.2 Å². The van der Waals surface area contributed by atoms with Gasteiger partial charge in [0.1, 0.15) is 0 Å². The van der Waals surface area contributed by atoms with Crippen LogP contribution in [0, 0.1) is 0 Å². The molecule has 1 atom stereocenters. The lowest BCUT2D eigenvalue weighted by atomic mass is 10.0. The summed E-state index contributed by atoms with van der Waals surface area (Å²) in [4.78, 5) is 20.3. The predicted octanol–water partition coefficient (Wildman–Crippen LogP) is 5.78. The maximum absolute atomic E-state index is 13.1. The quantitative estimate of drug-likeness (QED) is 0.310. The molecule has 0 aliphatic rings. The van der Waals surface area contributed by atoms with Crippen LogP contribution < -0.4 is 0 Å². The summed E-state index contributed by atoms with van der Waals surface area (Å²) < 4.78 is 48.7. The first-order valence-corrected chi connectivity index (χ1v) is 10.6. The Balaban J connectivity index is 1.97. The van der Waals surface area contributed by atoms with Crippen molar-refractivity contribution in [2.75, 3.05) is 13.2 Å². The number of hydrogen-bond donors (Lipinski definition) is 0. The molecule has 0 bridgehead atoms. The first-order valence-electron chi connectivity index (χ1n) is 10.6. The Morgan fingerprint density at radius 3 is 2.26 bits per heavy atom. The Morgan fingerprint density at radius 1 is 1.00 bits per heavy atom. The molecule has 0 N–H and O–H groups in total. The van der Waals surface area contributed by atoms with Crippen LogP contribution >= 0.6 is 0 Å². The maximum atomic E-state index is 13.1. The molecule has 1 aromatic heterocycles. The summed E-state index contributed by atoms with van der Waals surface area (Å²) in [7, 11) is 0. The van der Waals surface area contributed by atoms with Gasteiger partial charge in [0.15, 0.2) is 5.82 Å². The number of rotatable bonds is 12. The molecule has 0 saturated carbocycles. The third-order valence-corrected chi connectivity index (χ3v) is 4.65. The van der Waals surface area contributed by atoms with E-state index in [2.05, 4.69) is 21.6 Å². The average Bonchev–Trinajstić information content (AvgIpc) is 2.76. The lowest BCUT2D eigenvalue weighted by Crippen LogP contribution is -2.38. The fourth-order valence-corrected chi connectivity index (χ4v) is 2.89. The fourth-order valence-electron chi connectivity index (χ4n) is 2.89. The molecule has 2 rings (SSSR count). The number of aryl methyl sites for hydroxylation is 1.